The van der Waals surface area contributed by atoms with Gasteiger partial charge in [-0.3, -0.25) is 28.8 Å². The molecule has 8 heterocycles. The number of thiazole rings is 6. The van der Waals surface area contributed by atoms with Gasteiger partial charge >= 0.3 is 0 Å². The molecule has 7 aromatic heterocycles. The summed E-state index contributed by atoms with van der Waals surface area (Å²) in [6, 6.07) is 0.366. The second-order valence-corrected chi connectivity index (χ2v) is 22.6. The highest BCUT2D eigenvalue weighted by Gasteiger charge is 2.32. The van der Waals surface area contributed by atoms with Gasteiger partial charge in [0, 0.05) is 44.4 Å². The van der Waals surface area contributed by atoms with Crippen molar-refractivity contribution in [1.29, 1.82) is 0 Å². The molecule has 0 radical (unpaired) electrons. The minimum absolute atomic E-state index is 0.00119. The first-order valence-corrected chi connectivity index (χ1v) is 28.6. The Morgan fingerprint density at radius 3 is 1.78 bits per heavy atom. The highest BCUT2D eigenvalue weighted by molar-refractivity contribution is 7.15. The minimum atomic E-state index is -1.45. The lowest BCUT2D eigenvalue weighted by Crippen LogP contribution is -2.52. The average molecular weight is 1140 g/mol. The molecule has 6 amide bonds. The number of rotatable bonds is 10. The number of aliphatic hydroxyl groups is 3. The third-order valence-electron chi connectivity index (χ3n) is 11.2. The van der Waals surface area contributed by atoms with Crippen molar-refractivity contribution < 1.29 is 44.1 Å². The van der Waals surface area contributed by atoms with Crippen LogP contribution in [-0.4, -0.2) is 117 Å². The molecule has 76 heavy (non-hydrogen) atoms. The van der Waals surface area contributed by atoms with E-state index in [1.54, 1.807) is 48.2 Å². The summed E-state index contributed by atoms with van der Waals surface area (Å²) in [7, 11) is 0. The normalized spacial score (nSPS) is 18.5. The summed E-state index contributed by atoms with van der Waals surface area (Å²) < 4.78 is 0. The Labute approximate surface area is 458 Å². The molecule has 9 N–H and O–H groups in total. The van der Waals surface area contributed by atoms with E-state index in [-0.39, 0.29) is 51.6 Å². The summed E-state index contributed by atoms with van der Waals surface area (Å²) in [5.74, 6) is -4.00. The molecule has 1 aliphatic heterocycles. The Bertz CT molecular complexity index is 3380. The fourth-order valence-corrected chi connectivity index (χ4v) is 12.4. The van der Waals surface area contributed by atoms with Crippen molar-refractivity contribution >= 4 is 109 Å². The van der Waals surface area contributed by atoms with Gasteiger partial charge in [-0.25, -0.2) is 34.9 Å². The van der Waals surface area contributed by atoms with Crippen LogP contribution in [0.5, 0.6) is 0 Å². The van der Waals surface area contributed by atoms with Crippen LogP contribution in [0.4, 0.5) is 0 Å². The summed E-state index contributed by atoms with van der Waals surface area (Å²) in [5, 5.41) is 59.6. The second-order valence-electron chi connectivity index (χ2n) is 17.4. The predicted octanol–water partition coefficient (Wildman–Crippen LogP) is 5.57. The average Bonchev–Trinajstić information content (AvgIpc) is 4.26. The SMILES string of the molecule is C/C=C(/NC(=O)c1csc(-c2csc(-c3ccc4c(n3)-c3csc(n3)[C@H]([C@@H](C)O)NC(=O)c3csc(n3)[C@H](C(C)C)NC(=O)c3csc(n3)/C(=C\C)NC(=O)[C@H]([C@@H](C)O)NC(=O)c3csc-4n3)n2)n1)C(=O)NC[C@@H](C)O. The zero-order valence-electron chi connectivity index (χ0n) is 41.4. The van der Waals surface area contributed by atoms with E-state index < -0.39 is 71.9 Å². The van der Waals surface area contributed by atoms with E-state index >= 15 is 0 Å². The largest absolute Gasteiger partial charge is 0.392 e. The van der Waals surface area contributed by atoms with Crippen LogP contribution in [0, 0.1) is 5.92 Å². The molecule has 0 aromatic carbocycles. The van der Waals surface area contributed by atoms with Crippen molar-refractivity contribution in [3.8, 4) is 43.4 Å². The number of fused-ring (bicyclic) bond motifs is 11. The Morgan fingerprint density at radius 2 is 1.13 bits per heavy atom. The number of hydrogen-bond acceptors (Lipinski definition) is 22. The zero-order valence-corrected chi connectivity index (χ0v) is 46.3. The summed E-state index contributed by atoms with van der Waals surface area (Å²) >= 11 is 6.97. The van der Waals surface area contributed by atoms with Crippen LogP contribution >= 0.6 is 68.0 Å². The van der Waals surface area contributed by atoms with Crippen LogP contribution < -0.4 is 31.9 Å². The molecule has 1 aliphatic rings. The van der Waals surface area contributed by atoms with Crippen LogP contribution in [0.1, 0.15) is 118 Å². The number of pyridine rings is 1. The number of carbonyl (C=O) groups is 6. The van der Waals surface area contributed by atoms with Crippen LogP contribution in [0.2, 0.25) is 0 Å². The maximum absolute atomic E-state index is 13.9. The summed E-state index contributed by atoms with van der Waals surface area (Å²) in [5.41, 5.74) is 2.26. The molecule has 8 bridgehead atoms. The quantitative estimate of drug-likeness (QED) is 0.0756. The molecule has 6 atom stereocenters. The number of carbonyl (C=O) groups excluding carboxylic acids is 6. The van der Waals surface area contributed by atoms with Gasteiger partial charge in [0.25, 0.3) is 29.5 Å². The van der Waals surface area contributed by atoms with Gasteiger partial charge in [0.15, 0.2) is 0 Å². The summed E-state index contributed by atoms with van der Waals surface area (Å²) in [6.07, 6.45) is -0.261. The Hall–Kier alpha value is -6.89. The Morgan fingerprint density at radius 1 is 0.605 bits per heavy atom. The highest BCUT2D eigenvalue weighted by Crippen LogP contribution is 2.38. The molecule has 0 saturated carbocycles. The van der Waals surface area contributed by atoms with Crippen molar-refractivity contribution in [3.63, 3.8) is 0 Å². The first-order chi connectivity index (χ1) is 36.3. The molecular weight excluding hydrogens is 1100 g/mol. The van der Waals surface area contributed by atoms with Gasteiger partial charge in [-0.1, -0.05) is 26.0 Å². The van der Waals surface area contributed by atoms with Crippen LogP contribution in [0.15, 0.2) is 62.3 Å². The number of amides is 6. The van der Waals surface area contributed by atoms with Crippen LogP contribution in [-0.2, 0) is 9.59 Å². The predicted molar refractivity (Wildman–Crippen MR) is 290 cm³/mol. The number of hydrogen-bond donors (Lipinski definition) is 9. The summed E-state index contributed by atoms with van der Waals surface area (Å²) in [6.45, 7) is 11.4. The molecule has 8 rings (SSSR count). The van der Waals surface area contributed by atoms with Crippen molar-refractivity contribution in [3.05, 3.63) is 100 Å². The van der Waals surface area contributed by atoms with Crippen LogP contribution in [0.25, 0.3) is 49.1 Å². The molecule has 0 aliphatic carbocycles. The van der Waals surface area contributed by atoms with Crippen molar-refractivity contribution in [2.24, 2.45) is 5.92 Å². The van der Waals surface area contributed by atoms with Gasteiger partial charge in [0.05, 0.1) is 35.7 Å². The lowest BCUT2D eigenvalue weighted by molar-refractivity contribution is -0.124. The number of nitrogens with zero attached hydrogens (tertiary/aromatic N) is 7. The first kappa shape index (κ1) is 55.3. The van der Waals surface area contributed by atoms with Crippen molar-refractivity contribution in [2.45, 2.75) is 84.9 Å². The maximum Gasteiger partial charge on any atom is 0.275 e. The van der Waals surface area contributed by atoms with Crippen molar-refractivity contribution in [2.75, 3.05) is 6.54 Å². The molecule has 7 aromatic rings. The van der Waals surface area contributed by atoms with E-state index in [2.05, 4.69) is 51.8 Å². The molecule has 0 spiro atoms. The maximum atomic E-state index is 13.9. The van der Waals surface area contributed by atoms with E-state index in [1.807, 2.05) is 13.8 Å². The third kappa shape index (κ3) is 12.5. The molecular formula is C48H49N13O9S6. The number of aliphatic hydroxyl groups excluding tert-OH is 3. The molecule has 28 heteroatoms. The van der Waals surface area contributed by atoms with Crippen LogP contribution in [0.3, 0.4) is 0 Å². The first-order valence-electron chi connectivity index (χ1n) is 23.3. The van der Waals surface area contributed by atoms with Gasteiger partial charge < -0.3 is 47.2 Å². The monoisotopic (exact) mass is 1140 g/mol. The Balaban J connectivity index is 1.15. The zero-order chi connectivity index (χ0) is 54.5. The number of allylic oxidation sites excluding steroid dienone is 2. The smallest absolute Gasteiger partial charge is 0.275 e. The van der Waals surface area contributed by atoms with E-state index in [0.717, 1.165) is 34.0 Å². The third-order valence-corrected chi connectivity index (χ3v) is 16.6. The molecule has 22 nitrogen and oxygen atoms in total. The van der Waals surface area contributed by atoms with Gasteiger partial charge in [-0.05, 0) is 52.7 Å². The van der Waals surface area contributed by atoms with Gasteiger partial charge in [0.1, 0.15) is 87.7 Å². The fourth-order valence-electron chi connectivity index (χ4n) is 7.20. The number of nitrogens with one attached hydrogen (secondary N) is 6. The van der Waals surface area contributed by atoms with Gasteiger partial charge in [-0.2, -0.15) is 0 Å². The highest BCUT2D eigenvalue weighted by atomic mass is 32.1. The van der Waals surface area contributed by atoms with E-state index in [0.29, 0.717) is 53.4 Å². The lowest BCUT2D eigenvalue weighted by Gasteiger charge is -2.21. The van der Waals surface area contributed by atoms with E-state index in [1.165, 1.54) is 77.0 Å². The Kier molecular flexibility index (Phi) is 17.5. The lowest BCUT2D eigenvalue weighted by atomic mass is 10.1. The molecule has 0 unspecified atom stereocenters. The van der Waals surface area contributed by atoms with Gasteiger partial charge in [-0.15, -0.1) is 68.0 Å². The molecule has 0 saturated heterocycles. The standard InChI is InChI=1S/C48H49N13O9S6/c1-8-24(37(65)49-12-20(5)62)51-38(66)28-15-73-46(56-28)32-18-74-45(58-32)26-11-10-23-36(50-26)27-13-75-48(53-27)35(22(7)64)61-41(69)31-17-76-47(57-31)33(19(3)4)59-39(67)30-16-72-44(55-30)25(9-2)52-42(70)34(21(6)63)60-40(68)29-14-71-43(23)54-29/h8-11,13-22,33-35,62-64H,12H2,1-7H3,(H,49,65)(H,51,66)(H,52,70)(H,59,67)(H,60,68)(H,61,69)/b24-8+,25-9+/t20-,21-,22-,33+,34+,35+/m1/s1. The number of aromatic nitrogens is 7. The minimum Gasteiger partial charge on any atom is -0.392 e. The molecule has 0 fully saturated rings. The van der Waals surface area contributed by atoms with Crippen molar-refractivity contribution in [1.82, 2.24) is 66.8 Å². The topological polar surface area (TPSA) is 326 Å². The molecule has 396 valence electrons. The van der Waals surface area contributed by atoms with E-state index in [4.69, 9.17) is 15.0 Å². The summed E-state index contributed by atoms with van der Waals surface area (Å²) in [4.78, 5) is 114. The second kappa shape index (κ2) is 24.0. The van der Waals surface area contributed by atoms with Gasteiger partial charge in [0.2, 0.25) is 5.91 Å². The fraction of sp³-hybridized carbons (Fsp3) is 0.312. The van der Waals surface area contributed by atoms with E-state index in [9.17, 15) is 44.1 Å².